The lowest BCUT2D eigenvalue weighted by atomic mass is 9.87. The molecule has 0 saturated carbocycles. The Labute approximate surface area is 143 Å². The highest BCUT2D eigenvalue weighted by Crippen LogP contribution is 2.32. The van der Waals surface area contributed by atoms with Crippen LogP contribution < -0.4 is 5.32 Å². The number of carbonyl (C=O) groups excluding carboxylic acids is 1. The minimum absolute atomic E-state index is 0.0282. The Kier molecular flexibility index (Phi) is 4.45. The first-order valence-corrected chi connectivity index (χ1v) is 8.49. The highest BCUT2D eigenvalue weighted by molar-refractivity contribution is 5.87. The van der Waals surface area contributed by atoms with Crippen LogP contribution in [0.4, 0.5) is 0 Å². The standard InChI is InChI=1S/C19H26N4O/c1-19(22(2)3,14-9-6-5-7-10-14)18(24)21-16-11-8-12-17-15(16)13-20-23(17)4/h5-7,9-10,13,16H,8,11-12H2,1-4H3,(H,21,24)/t16-,19-/m0/s1. The molecule has 0 spiro atoms. The van der Waals surface area contributed by atoms with Crippen LogP contribution in [0.5, 0.6) is 0 Å². The quantitative estimate of drug-likeness (QED) is 0.938. The molecule has 24 heavy (non-hydrogen) atoms. The number of nitrogens with one attached hydrogen (secondary N) is 1. The molecule has 128 valence electrons. The molecule has 0 aliphatic heterocycles. The van der Waals surface area contributed by atoms with Crippen LogP contribution in [-0.4, -0.2) is 34.7 Å². The van der Waals surface area contributed by atoms with Crippen molar-refractivity contribution in [3.63, 3.8) is 0 Å². The van der Waals surface area contributed by atoms with Gasteiger partial charge in [-0.05, 0) is 45.8 Å². The predicted molar refractivity (Wildman–Crippen MR) is 94.5 cm³/mol. The maximum Gasteiger partial charge on any atom is 0.245 e. The molecule has 1 aliphatic rings. The highest BCUT2D eigenvalue weighted by Gasteiger charge is 2.39. The Hall–Kier alpha value is -2.14. The Morgan fingerprint density at radius 2 is 2.04 bits per heavy atom. The van der Waals surface area contributed by atoms with Crippen LogP contribution in [0.25, 0.3) is 0 Å². The van der Waals surface area contributed by atoms with Gasteiger partial charge in [-0.3, -0.25) is 14.4 Å². The molecule has 1 aliphatic carbocycles. The second kappa shape index (κ2) is 6.40. The van der Waals surface area contributed by atoms with Crippen molar-refractivity contribution in [2.24, 2.45) is 7.05 Å². The first kappa shape index (κ1) is 16.7. The average Bonchev–Trinajstić information content (AvgIpc) is 2.97. The number of fused-ring (bicyclic) bond motifs is 1. The van der Waals surface area contributed by atoms with E-state index in [9.17, 15) is 4.79 Å². The Balaban J connectivity index is 1.88. The third kappa shape index (κ3) is 2.73. The number of aromatic nitrogens is 2. The van der Waals surface area contributed by atoms with E-state index in [0.717, 1.165) is 30.4 Å². The van der Waals surface area contributed by atoms with E-state index in [4.69, 9.17) is 0 Å². The smallest absolute Gasteiger partial charge is 0.245 e. The van der Waals surface area contributed by atoms with Gasteiger partial charge in [-0.25, -0.2) is 0 Å². The topological polar surface area (TPSA) is 50.2 Å². The zero-order valence-corrected chi connectivity index (χ0v) is 14.9. The van der Waals surface area contributed by atoms with E-state index in [2.05, 4.69) is 10.4 Å². The van der Waals surface area contributed by atoms with Gasteiger partial charge in [-0.2, -0.15) is 5.10 Å². The summed E-state index contributed by atoms with van der Waals surface area (Å²) in [6.07, 6.45) is 4.96. The van der Waals surface area contributed by atoms with Gasteiger partial charge in [0.2, 0.25) is 5.91 Å². The summed E-state index contributed by atoms with van der Waals surface area (Å²) in [5.41, 5.74) is 2.68. The largest absolute Gasteiger partial charge is 0.347 e. The number of benzene rings is 1. The molecular formula is C19H26N4O. The summed E-state index contributed by atoms with van der Waals surface area (Å²) in [5, 5.41) is 7.64. The summed E-state index contributed by atoms with van der Waals surface area (Å²) >= 11 is 0. The molecule has 1 amide bonds. The molecule has 3 rings (SSSR count). The average molecular weight is 326 g/mol. The maximum absolute atomic E-state index is 13.2. The molecule has 0 bridgehead atoms. The zero-order valence-electron chi connectivity index (χ0n) is 14.9. The summed E-state index contributed by atoms with van der Waals surface area (Å²) in [7, 11) is 5.86. The Morgan fingerprint density at radius 3 is 2.71 bits per heavy atom. The van der Waals surface area contributed by atoms with Gasteiger partial charge in [0.25, 0.3) is 0 Å². The van der Waals surface area contributed by atoms with Crippen molar-refractivity contribution >= 4 is 5.91 Å². The van der Waals surface area contributed by atoms with Crippen LogP contribution in [0, 0.1) is 0 Å². The molecule has 1 N–H and O–H groups in total. The van der Waals surface area contributed by atoms with Gasteiger partial charge >= 0.3 is 0 Å². The third-order valence-electron chi connectivity index (χ3n) is 5.35. The first-order chi connectivity index (χ1) is 11.4. The number of carbonyl (C=O) groups is 1. The van der Waals surface area contributed by atoms with E-state index in [-0.39, 0.29) is 11.9 Å². The van der Waals surface area contributed by atoms with E-state index in [0.29, 0.717) is 0 Å². The first-order valence-electron chi connectivity index (χ1n) is 8.49. The molecule has 5 heteroatoms. The van der Waals surface area contributed by atoms with Crippen LogP contribution in [0.1, 0.15) is 42.6 Å². The fraction of sp³-hybridized carbons (Fsp3) is 0.474. The second-order valence-electron chi connectivity index (χ2n) is 6.92. The molecule has 5 nitrogen and oxygen atoms in total. The molecule has 2 atom stereocenters. The number of hydrogen-bond acceptors (Lipinski definition) is 3. The molecule has 0 fully saturated rings. The van der Waals surface area contributed by atoms with E-state index >= 15 is 0 Å². The van der Waals surface area contributed by atoms with Crippen molar-refractivity contribution < 1.29 is 4.79 Å². The van der Waals surface area contributed by atoms with Gasteiger partial charge in [-0.15, -0.1) is 0 Å². The molecule has 0 unspecified atom stereocenters. The summed E-state index contributed by atoms with van der Waals surface area (Å²) in [5.74, 6) is 0.0282. The third-order valence-corrected chi connectivity index (χ3v) is 5.35. The maximum atomic E-state index is 13.2. The van der Waals surface area contributed by atoms with Crippen molar-refractivity contribution in [2.75, 3.05) is 14.1 Å². The fourth-order valence-electron chi connectivity index (χ4n) is 3.51. The Morgan fingerprint density at radius 1 is 1.33 bits per heavy atom. The van der Waals surface area contributed by atoms with E-state index in [1.165, 1.54) is 5.69 Å². The number of amides is 1. The number of likely N-dealkylation sites (N-methyl/N-ethyl adjacent to an activating group) is 1. The molecule has 0 saturated heterocycles. The Bertz CT molecular complexity index is 722. The van der Waals surface area contributed by atoms with Crippen LogP contribution in [0.2, 0.25) is 0 Å². The summed E-state index contributed by atoms with van der Waals surface area (Å²) < 4.78 is 1.93. The second-order valence-corrected chi connectivity index (χ2v) is 6.92. The van der Waals surface area contributed by atoms with Gasteiger partial charge in [0.05, 0.1) is 12.2 Å². The van der Waals surface area contributed by atoms with Crippen LogP contribution in [0.15, 0.2) is 36.5 Å². The normalized spacial score (nSPS) is 19.6. The van der Waals surface area contributed by atoms with Crippen LogP contribution >= 0.6 is 0 Å². The highest BCUT2D eigenvalue weighted by atomic mass is 16.2. The molecule has 1 aromatic heterocycles. The predicted octanol–water partition coefficient (Wildman–Crippen LogP) is 2.39. The summed E-state index contributed by atoms with van der Waals surface area (Å²) in [4.78, 5) is 15.2. The number of nitrogens with zero attached hydrogens (tertiary/aromatic N) is 3. The van der Waals surface area contributed by atoms with Gasteiger partial charge < -0.3 is 5.32 Å². The van der Waals surface area contributed by atoms with Gasteiger partial charge in [0, 0.05) is 18.3 Å². The lowest BCUT2D eigenvalue weighted by Crippen LogP contribution is -2.52. The van der Waals surface area contributed by atoms with Crippen LogP contribution in [0.3, 0.4) is 0 Å². The summed E-state index contributed by atoms with van der Waals surface area (Å²) in [6, 6.07) is 9.99. The minimum atomic E-state index is -0.707. The number of aryl methyl sites for hydroxylation is 1. The van der Waals surface area contributed by atoms with Gasteiger partial charge in [0.15, 0.2) is 0 Å². The van der Waals surface area contributed by atoms with E-state index < -0.39 is 5.54 Å². The minimum Gasteiger partial charge on any atom is -0.347 e. The lowest BCUT2D eigenvalue weighted by molar-refractivity contribution is -0.132. The van der Waals surface area contributed by atoms with E-state index in [1.54, 1.807) is 0 Å². The van der Waals surface area contributed by atoms with Crippen molar-refractivity contribution in [3.05, 3.63) is 53.3 Å². The lowest BCUT2D eigenvalue weighted by Gasteiger charge is -2.37. The van der Waals surface area contributed by atoms with Crippen molar-refractivity contribution in [1.29, 1.82) is 0 Å². The molecule has 0 radical (unpaired) electrons. The van der Waals surface area contributed by atoms with E-state index in [1.807, 2.05) is 74.2 Å². The molecule has 2 aromatic rings. The molecular weight excluding hydrogens is 300 g/mol. The van der Waals surface area contributed by atoms with Gasteiger partial charge in [-0.1, -0.05) is 30.3 Å². The SMILES string of the molecule is CN(C)[C@](C)(C(=O)N[C@H]1CCCc2c1cnn2C)c1ccccc1. The van der Waals surface area contributed by atoms with Crippen molar-refractivity contribution in [2.45, 2.75) is 37.8 Å². The monoisotopic (exact) mass is 326 g/mol. The number of hydrogen-bond donors (Lipinski definition) is 1. The summed E-state index contributed by atoms with van der Waals surface area (Å²) in [6.45, 7) is 1.98. The van der Waals surface area contributed by atoms with Crippen molar-refractivity contribution in [1.82, 2.24) is 20.0 Å². The molecule has 1 heterocycles. The van der Waals surface area contributed by atoms with Crippen LogP contribution in [-0.2, 0) is 23.8 Å². The van der Waals surface area contributed by atoms with Crippen molar-refractivity contribution in [3.8, 4) is 0 Å². The molecule has 1 aromatic carbocycles. The number of rotatable bonds is 4. The van der Waals surface area contributed by atoms with Gasteiger partial charge in [0.1, 0.15) is 5.54 Å². The fourth-order valence-corrected chi connectivity index (χ4v) is 3.51. The zero-order chi connectivity index (χ0) is 17.3.